The van der Waals surface area contributed by atoms with Crippen molar-refractivity contribution < 1.29 is 9.59 Å². The van der Waals surface area contributed by atoms with Gasteiger partial charge in [0.2, 0.25) is 0 Å². The van der Waals surface area contributed by atoms with Crippen LogP contribution in [0.2, 0.25) is 0 Å². The number of amides is 3. The van der Waals surface area contributed by atoms with Gasteiger partial charge in [-0.1, -0.05) is 12.1 Å². The van der Waals surface area contributed by atoms with E-state index in [0.717, 1.165) is 61.7 Å². The number of aromatic nitrogens is 2. The third kappa shape index (κ3) is 5.37. The molecule has 2 aromatic carbocycles. The molecule has 0 spiro atoms. The summed E-state index contributed by atoms with van der Waals surface area (Å²) >= 11 is 0. The fourth-order valence-corrected chi connectivity index (χ4v) is 3.92. The molecule has 0 atom stereocenters. The SMILES string of the molecule is CN1CCN(c2ccc(C(=O)Nc3cc(-c4ccc(NC(=O)NC5CC5)cc4)[nH]n3)cc2)CC1. The summed E-state index contributed by atoms with van der Waals surface area (Å²) in [6.07, 6.45) is 2.10. The number of anilines is 3. The Balaban J connectivity index is 1.17. The number of carbonyl (C=O) groups is 2. The Morgan fingerprint density at radius 1 is 0.941 bits per heavy atom. The molecule has 1 aliphatic heterocycles. The topological polar surface area (TPSA) is 105 Å². The fourth-order valence-electron chi connectivity index (χ4n) is 3.92. The number of likely N-dealkylation sites (N-methyl/N-ethyl adjacent to an activating group) is 1. The second-order valence-corrected chi connectivity index (χ2v) is 8.91. The van der Waals surface area contributed by atoms with Crippen LogP contribution in [0.4, 0.5) is 22.0 Å². The average Bonchev–Trinajstić information content (AvgIpc) is 3.54. The van der Waals surface area contributed by atoms with Gasteiger partial charge in [0.15, 0.2) is 5.82 Å². The minimum atomic E-state index is -0.204. The summed E-state index contributed by atoms with van der Waals surface area (Å²) < 4.78 is 0. The normalized spacial score (nSPS) is 16.2. The highest BCUT2D eigenvalue weighted by molar-refractivity contribution is 6.04. The molecule has 4 N–H and O–H groups in total. The van der Waals surface area contributed by atoms with E-state index in [1.165, 1.54) is 0 Å². The van der Waals surface area contributed by atoms with Gasteiger partial charge in [-0.2, -0.15) is 5.10 Å². The first-order valence-corrected chi connectivity index (χ1v) is 11.6. The second kappa shape index (κ2) is 9.56. The van der Waals surface area contributed by atoms with Gasteiger partial charge in [0.1, 0.15) is 0 Å². The average molecular weight is 460 g/mol. The molecule has 2 heterocycles. The van der Waals surface area contributed by atoms with Gasteiger partial charge in [-0.05, 0) is 61.9 Å². The lowest BCUT2D eigenvalue weighted by Gasteiger charge is -2.34. The summed E-state index contributed by atoms with van der Waals surface area (Å²) in [6.45, 7) is 4.06. The molecule has 0 radical (unpaired) electrons. The molecule has 1 saturated carbocycles. The summed E-state index contributed by atoms with van der Waals surface area (Å²) in [6, 6.07) is 17.1. The molecule has 3 amide bonds. The Hall–Kier alpha value is -3.85. The maximum Gasteiger partial charge on any atom is 0.319 e. The number of urea groups is 1. The third-order valence-corrected chi connectivity index (χ3v) is 6.18. The highest BCUT2D eigenvalue weighted by atomic mass is 16.2. The molecule has 1 saturated heterocycles. The second-order valence-electron chi connectivity index (χ2n) is 8.91. The highest BCUT2D eigenvalue weighted by Gasteiger charge is 2.23. The number of H-pyrrole nitrogens is 1. The maximum absolute atomic E-state index is 12.7. The first kappa shape index (κ1) is 22.0. The summed E-state index contributed by atoms with van der Waals surface area (Å²) in [5.74, 6) is 0.248. The van der Waals surface area contributed by atoms with Gasteiger partial charge >= 0.3 is 6.03 Å². The Labute approximate surface area is 198 Å². The standard InChI is InChI=1S/C25H29N7O2/c1-31-12-14-32(15-13-31)21-10-4-18(5-11-21)24(33)28-23-16-22(29-30-23)17-2-6-19(7-3-17)26-25(34)27-20-8-9-20/h2-7,10-11,16,20H,8-9,12-15H2,1H3,(H2,26,27,34)(H2,28,29,30,33). The van der Waals surface area contributed by atoms with E-state index < -0.39 is 0 Å². The molecule has 2 aliphatic rings. The molecular weight excluding hydrogens is 430 g/mol. The Morgan fingerprint density at radius 2 is 1.65 bits per heavy atom. The van der Waals surface area contributed by atoms with Gasteiger partial charge in [-0.3, -0.25) is 9.89 Å². The number of benzene rings is 2. The predicted octanol–water partition coefficient (Wildman–Crippen LogP) is 3.36. The molecule has 9 heteroatoms. The number of rotatable bonds is 6. The zero-order valence-electron chi connectivity index (χ0n) is 19.2. The highest BCUT2D eigenvalue weighted by Crippen LogP contribution is 2.23. The van der Waals surface area contributed by atoms with E-state index in [1.54, 1.807) is 6.07 Å². The van der Waals surface area contributed by atoms with Crippen LogP contribution < -0.4 is 20.9 Å². The monoisotopic (exact) mass is 459 g/mol. The summed E-state index contributed by atoms with van der Waals surface area (Å²) in [7, 11) is 2.13. The van der Waals surface area contributed by atoms with Crippen molar-refractivity contribution in [2.45, 2.75) is 18.9 Å². The number of aromatic amines is 1. The van der Waals surface area contributed by atoms with Crippen LogP contribution >= 0.6 is 0 Å². The number of carbonyl (C=O) groups excluding carboxylic acids is 2. The Bertz CT molecular complexity index is 1140. The van der Waals surface area contributed by atoms with E-state index in [9.17, 15) is 9.59 Å². The third-order valence-electron chi connectivity index (χ3n) is 6.18. The van der Waals surface area contributed by atoms with Crippen molar-refractivity contribution in [1.82, 2.24) is 20.4 Å². The molecule has 5 rings (SSSR count). The fraction of sp³-hybridized carbons (Fsp3) is 0.320. The largest absolute Gasteiger partial charge is 0.369 e. The number of hydrogen-bond donors (Lipinski definition) is 4. The van der Waals surface area contributed by atoms with Crippen LogP contribution in [0.15, 0.2) is 54.6 Å². The van der Waals surface area contributed by atoms with Crippen LogP contribution in [-0.2, 0) is 0 Å². The maximum atomic E-state index is 12.7. The van der Waals surface area contributed by atoms with Gasteiger partial charge in [-0.15, -0.1) is 0 Å². The van der Waals surface area contributed by atoms with Crippen molar-refractivity contribution >= 4 is 29.1 Å². The molecular formula is C25H29N7O2. The molecule has 0 unspecified atom stereocenters. The van der Waals surface area contributed by atoms with E-state index in [1.807, 2.05) is 48.5 Å². The number of piperazine rings is 1. The van der Waals surface area contributed by atoms with Gasteiger partial charge in [0.05, 0.1) is 5.69 Å². The van der Waals surface area contributed by atoms with Gasteiger partial charge < -0.3 is 25.8 Å². The smallest absolute Gasteiger partial charge is 0.319 e. The van der Waals surface area contributed by atoms with E-state index in [0.29, 0.717) is 17.4 Å². The molecule has 9 nitrogen and oxygen atoms in total. The van der Waals surface area contributed by atoms with Crippen LogP contribution in [0.25, 0.3) is 11.3 Å². The predicted molar refractivity (Wildman–Crippen MR) is 133 cm³/mol. The zero-order chi connectivity index (χ0) is 23.5. The quantitative estimate of drug-likeness (QED) is 0.452. The molecule has 2 fully saturated rings. The molecule has 0 bridgehead atoms. The molecule has 176 valence electrons. The molecule has 1 aromatic heterocycles. The van der Waals surface area contributed by atoms with Gasteiger partial charge in [0, 0.05) is 55.2 Å². The van der Waals surface area contributed by atoms with E-state index >= 15 is 0 Å². The first-order valence-electron chi connectivity index (χ1n) is 11.6. The van der Waals surface area contributed by atoms with Gasteiger partial charge in [0.25, 0.3) is 5.91 Å². The summed E-state index contributed by atoms with van der Waals surface area (Å²) in [5.41, 5.74) is 4.11. The van der Waals surface area contributed by atoms with Crippen molar-refractivity contribution in [3.8, 4) is 11.3 Å². The van der Waals surface area contributed by atoms with Crippen LogP contribution in [0, 0.1) is 0 Å². The Morgan fingerprint density at radius 3 is 2.32 bits per heavy atom. The summed E-state index contributed by atoms with van der Waals surface area (Å²) in [4.78, 5) is 29.2. The van der Waals surface area contributed by atoms with Crippen molar-refractivity contribution in [1.29, 1.82) is 0 Å². The Kier molecular flexibility index (Phi) is 6.18. The lowest BCUT2D eigenvalue weighted by atomic mass is 10.1. The van der Waals surface area contributed by atoms with Crippen LogP contribution in [0.1, 0.15) is 23.2 Å². The number of nitrogens with zero attached hydrogens (tertiary/aromatic N) is 3. The van der Waals surface area contributed by atoms with Crippen LogP contribution in [-0.4, -0.2) is 66.3 Å². The van der Waals surface area contributed by atoms with E-state index in [4.69, 9.17) is 0 Å². The van der Waals surface area contributed by atoms with Crippen molar-refractivity contribution in [2.75, 3.05) is 48.8 Å². The van der Waals surface area contributed by atoms with Crippen LogP contribution in [0.3, 0.4) is 0 Å². The molecule has 1 aliphatic carbocycles. The molecule has 3 aromatic rings. The van der Waals surface area contributed by atoms with Crippen LogP contribution in [0.5, 0.6) is 0 Å². The zero-order valence-corrected chi connectivity index (χ0v) is 19.2. The minimum absolute atomic E-state index is 0.182. The van der Waals surface area contributed by atoms with Crippen molar-refractivity contribution in [2.24, 2.45) is 0 Å². The minimum Gasteiger partial charge on any atom is -0.369 e. The first-order chi connectivity index (χ1) is 16.5. The summed E-state index contributed by atoms with van der Waals surface area (Å²) in [5, 5.41) is 15.7. The van der Waals surface area contributed by atoms with Crippen molar-refractivity contribution in [3.63, 3.8) is 0 Å². The number of nitrogens with one attached hydrogen (secondary N) is 4. The van der Waals surface area contributed by atoms with Crippen molar-refractivity contribution in [3.05, 3.63) is 60.2 Å². The number of hydrogen-bond acceptors (Lipinski definition) is 5. The van der Waals surface area contributed by atoms with E-state index in [2.05, 4.69) is 43.0 Å². The lowest BCUT2D eigenvalue weighted by molar-refractivity contribution is 0.102. The molecule has 34 heavy (non-hydrogen) atoms. The lowest BCUT2D eigenvalue weighted by Crippen LogP contribution is -2.44. The van der Waals surface area contributed by atoms with Gasteiger partial charge in [-0.25, -0.2) is 4.79 Å². The van der Waals surface area contributed by atoms with E-state index in [-0.39, 0.29) is 11.9 Å².